The van der Waals surface area contributed by atoms with Crippen LogP contribution < -0.4 is 0 Å². The molecule has 4 heteroatoms. The minimum Gasteiger partial charge on any atom is -0.336 e. The molecule has 2 amide bonds. The summed E-state index contributed by atoms with van der Waals surface area (Å²) in [5.41, 5.74) is 1.17. The molecule has 2 aliphatic rings. The number of amides is 2. The smallest absolute Gasteiger partial charge is 0.245 e. The van der Waals surface area contributed by atoms with Crippen molar-refractivity contribution in [3.05, 3.63) is 35.9 Å². The lowest BCUT2D eigenvalue weighted by atomic mass is 9.88. The van der Waals surface area contributed by atoms with E-state index in [9.17, 15) is 9.59 Å². The van der Waals surface area contributed by atoms with Crippen LogP contribution >= 0.6 is 0 Å². The standard InChI is InChI=1S/C21H30N2O2/c1-17(24)23-14-8-13-20(23)21(25)22(15-18-9-4-2-5-10-18)16-19-11-6-3-7-12-19/h2,4-5,9-10,19-20H,3,6-8,11-16H2,1H3/t20-/m1/s1. The quantitative estimate of drug-likeness (QED) is 0.820. The maximum Gasteiger partial charge on any atom is 0.245 e. The zero-order valence-electron chi connectivity index (χ0n) is 15.3. The highest BCUT2D eigenvalue weighted by atomic mass is 16.2. The summed E-state index contributed by atoms with van der Waals surface area (Å²) in [6, 6.07) is 9.96. The summed E-state index contributed by atoms with van der Waals surface area (Å²) in [5.74, 6) is 0.767. The van der Waals surface area contributed by atoms with Gasteiger partial charge in [-0.1, -0.05) is 49.6 Å². The minimum atomic E-state index is -0.259. The van der Waals surface area contributed by atoms with Crippen LogP contribution in [0.2, 0.25) is 0 Å². The van der Waals surface area contributed by atoms with E-state index in [0.29, 0.717) is 19.0 Å². The van der Waals surface area contributed by atoms with Crippen LogP contribution in [-0.4, -0.2) is 40.7 Å². The van der Waals surface area contributed by atoms with Crippen molar-refractivity contribution in [1.82, 2.24) is 9.80 Å². The highest BCUT2D eigenvalue weighted by molar-refractivity contribution is 5.87. The molecule has 1 saturated carbocycles. The minimum absolute atomic E-state index is 0.0215. The van der Waals surface area contributed by atoms with Crippen LogP contribution in [0, 0.1) is 5.92 Å². The van der Waals surface area contributed by atoms with Gasteiger partial charge < -0.3 is 9.80 Å². The third kappa shape index (κ3) is 4.62. The number of hydrogen-bond acceptors (Lipinski definition) is 2. The van der Waals surface area contributed by atoms with Gasteiger partial charge in [-0.15, -0.1) is 0 Å². The molecule has 0 radical (unpaired) electrons. The van der Waals surface area contributed by atoms with E-state index in [4.69, 9.17) is 0 Å². The predicted molar refractivity (Wildman–Crippen MR) is 98.8 cm³/mol. The number of nitrogens with zero attached hydrogens (tertiary/aromatic N) is 2. The van der Waals surface area contributed by atoms with Gasteiger partial charge in [0.2, 0.25) is 11.8 Å². The highest BCUT2D eigenvalue weighted by Gasteiger charge is 2.35. The van der Waals surface area contributed by atoms with Crippen LogP contribution in [0.15, 0.2) is 30.3 Å². The highest BCUT2D eigenvalue weighted by Crippen LogP contribution is 2.27. The average Bonchev–Trinajstić information content (AvgIpc) is 3.12. The van der Waals surface area contributed by atoms with Crippen molar-refractivity contribution >= 4 is 11.8 Å². The Hall–Kier alpha value is -1.84. The van der Waals surface area contributed by atoms with Crippen LogP contribution in [0.25, 0.3) is 0 Å². The SMILES string of the molecule is CC(=O)N1CCC[C@@H]1C(=O)N(Cc1ccccc1)CC1CCCCC1. The van der Waals surface area contributed by atoms with Crippen LogP contribution in [0.1, 0.15) is 57.4 Å². The van der Waals surface area contributed by atoms with E-state index in [-0.39, 0.29) is 17.9 Å². The first-order chi connectivity index (χ1) is 12.1. The lowest BCUT2D eigenvalue weighted by molar-refractivity contribution is -0.143. The van der Waals surface area contributed by atoms with Crippen molar-refractivity contribution in [1.29, 1.82) is 0 Å². The molecule has 1 aromatic rings. The largest absolute Gasteiger partial charge is 0.336 e. The first kappa shape index (κ1) is 18.0. The molecule has 1 heterocycles. The Labute approximate surface area is 151 Å². The fourth-order valence-corrected chi connectivity index (χ4v) is 4.33. The molecule has 0 spiro atoms. The molecule has 1 aliphatic carbocycles. The van der Waals surface area contributed by atoms with Crippen LogP contribution in [0.4, 0.5) is 0 Å². The zero-order valence-corrected chi connectivity index (χ0v) is 15.3. The second kappa shape index (κ2) is 8.50. The van der Waals surface area contributed by atoms with Gasteiger partial charge in [0.05, 0.1) is 0 Å². The second-order valence-electron chi connectivity index (χ2n) is 7.58. The topological polar surface area (TPSA) is 40.6 Å². The van der Waals surface area contributed by atoms with Gasteiger partial charge in [0.15, 0.2) is 0 Å². The van der Waals surface area contributed by atoms with Gasteiger partial charge >= 0.3 is 0 Å². The van der Waals surface area contributed by atoms with Gasteiger partial charge in [0, 0.05) is 26.6 Å². The second-order valence-corrected chi connectivity index (χ2v) is 7.58. The molecule has 2 fully saturated rings. The van der Waals surface area contributed by atoms with Crippen molar-refractivity contribution < 1.29 is 9.59 Å². The maximum absolute atomic E-state index is 13.3. The predicted octanol–water partition coefficient (Wildman–Crippen LogP) is 3.61. The van der Waals surface area contributed by atoms with Crippen molar-refractivity contribution in [2.24, 2.45) is 5.92 Å². The van der Waals surface area contributed by atoms with Crippen molar-refractivity contribution in [3.63, 3.8) is 0 Å². The molecule has 136 valence electrons. The van der Waals surface area contributed by atoms with Crippen molar-refractivity contribution in [3.8, 4) is 0 Å². The van der Waals surface area contributed by atoms with Crippen LogP contribution in [0.5, 0.6) is 0 Å². The third-order valence-electron chi connectivity index (χ3n) is 5.67. The normalized spacial score (nSPS) is 21.3. The molecule has 4 nitrogen and oxygen atoms in total. The third-order valence-corrected chi connectivity index (χ3v) is 5.67. The molecule has 0 unspecified atom stereocenters. The number of rotatable bonds is 5. The molecular weight excluding hydrogens is 312 g/mol. The molecule has 0 bridgehead atoms. The van der Waals surface area contributed by atoms with Crippen molar-refractivity contribution in [2.75, 3.05) is 13.1 Å². The van der Waals surface area contributed by atoms with E-state index in [1.54, 1.807) is 11.8 Å². The van der Waals surface area contributed by atoms with E-state index in [0.717, 1.165) is 19.4 Å². The molecule has 0 N–H and O–H groups in total. The summed E-state index contributed by atoms with van der Waals surface area (Å²) in [7, 11) is 0. The van der Waals surface area contributed by atoms with Crippen LogP contribution in [-0.2, 0) is 16.1 Å². The van der Waals surface area contributed by atoms with Gasteiger partial charge in [-0.25, -0.2) is 0 Å². The number of carbonyl (C=O) groups excluding carboxylic acids is 2. The Bertz CT molecular complexity index is 581. The summed E-state index contributed by atoms with van der Waals surface area (Å²) in [6.07, 6.45) is 8.05. The van der Waals surface area contributed by atoms with Crippen molar-refractivity contribution in [2.45, 2.75) is 64.5 Å². The van der Waals surface area contributed by atoms with E-state index < -0.39 is 0 Å². The van der Waals surface area contributed by atoms with Gasteiger partial charge in [0.25, 0.3) is 0 Å². The summed E-state index contributed by atoms with van der Waals surface area (Å²) in [4.78, 5) is 28.9. The van der Waals surface area contributed by atoms with Gasteiger partial charge in [-0.05, 0) is 37.2 Å². The van der Waals surface area contributed by atoms with E-state index in [1.807, 2.05) is 23.1 Å². The number of likely N-dealkylation sites (tertiary alicyclic amines) is 1. The molecular formula is C21H30N2O2. The van der Waals surface area contributed by atoms with E-state index in [2.05, 4.69) is 12.1 Å². The monoisotopic (exact) mass is 342 g/mol. The molecule has 1 aliphatic heterocycles. The molecule has 0 aromatic heterocycles. The molecule has 1 saturated heterocycles. The number of benzene rings is 1. The Kier molecular flexibility index (Phi) is 6.11. The Morgan fingerprint density at radius 2 is 1.76 bits per heavy atom. The summed E-state index contributed by atoms with van der Waals surface area (Å²) in [5, 5.41) is 0. The number of carbonyl (C=O) groups is 2. The summed E-state index contributed by atoms with van der Waals surface area (Å²) >= 11 is 0. The van der Waals surface area contributed by atoms with Gasteiger partial charge in [-0.3, -0.25) is 9.59 Å². The molecule has 3 rings (SSSR count). The van der Waals surface area contributed by atoms with Gasteiger partial charge in [-0.2, -0.15) is 0 Å². The summed E-state index contributed by atoms with van der Waals surface area (Å²) < 4.78 is 0. The lowest BCUT2D eigenvalue weighted by Crippen LogP contribution is -2.48. The Balaban J connectivity index is 1.74. The van der Waals surface area contributed by atoms with Crippen LogP contribution in [0.3, 0.4) is 0 Å². The van der Waals surface area contributed by atoms with E-state index in [1.165, 1.54) is 37.7 Å². The lowest BCUT2D eigenvalue weighted by Gasteiger charge is -2.33. The number of hydrogen-bond donors (Lipinski definition) is 0. The first-order valence-corrected chi connectivity index (χ1v) is 9.75. The average molecular weight is 342 g/mol. The summed E-state index contributed by atoms with van der Waals surface area (Å²) in [6.45, 7) is 3.77. The fraction of sp³-hybridized carbons (Fsp3) is 0.619. The van der Waals surface area contributed by atoms with Gasteiger partial charge in [0.1, 0.15) is 6.04 Å². The maximum atomic E-state index is 13.3. The zero-order chi connectivity index (χ0) is 17.6. The molecule has 25 heavy (non-hydrogen) atoms. The van der Waals surface area contributed by atoms with E-state index >= 15 is 0 Å². The fourth-order valence-electron chi connectivity index (χ4n) is 4.33. The molecule has 1 aromatic carbocycles. The first-order valence-electron chi connectivity index (χ1n) is 9.75. The molecule has 1 atom stereocenters. The Morgan fingerprint density at radius 1 is 1.04 bits per heavy atom. The Morgan fingerprint density at radius 3 is 2.44 bits per heavy atom.